The van der Waals surface area contributed by atoms with Crippen molar-refractivity contribution in [3.05, 3.63) is 83.4 Å². The van der Waals surface area contributed by atoms with Crippen molar-refractivity contribution in [2.24, 2.45) is 11.7 Å². The molecule has 1 unspecified atom stereocenters. The van der Waals surface area contributed by atoms with E-state index in [0.717, 1.165) is 34.3 Å². The molecule has 4 heterocycles. The van der Waals surface area contributed by atoms with Crippen molar-refractivity contribution >= 4 is 81.3 Å². The van der Waals surface area contributed by atoms with Gasteiger partial charge in [0.05, 0.1) is 42.7 Å². The molecule has 4 aliphatic rings. The number of hydrogen-bond donors (Lipinski definition) is 5. The third-order valence-corrected chi connectivity index (χ3v) is 16.2. The molecule has 2 saturated heterocycles. The van der Waals surface area contributed by atoms with Gasteiger partial charge in [-0.3, -0.25) is 19.2 Å². The number of amides is 7. The van der Waals surface area contributed by atoms with E-state index >= 15 is 0 Å². The fourth-order valence-corrected chi connectivity index (χ4v) is 11.3. The summed E-state index contributed by atoms with van der Waals surface area (Å²) in [5.41, 5.74) is 8.27. The number of carbonyl (C=O) groups excluding carboxylic acids is 7. The van der Waals surface area contributed by atoms with Crippen LogP contribution < -0.4 is 45.7 Å². The number of aliphatic hydroxyl groups is 1. The quantitative estimate of drug-likeness (QED) is 0.0368. The number of alkyl halides is 1. The van der Waals surface area contributed by atoms with Gasteiger partial charge >= 0.3 is 18.3 Å². The van der Waals surface area contributed by atoms with Crippen molar-refractivity contribution in [2.75, 3.05) is 87.6 Å². The monoisotopic (exact) mass is 1200 g/mol. The van der Waals surface area contributed by atoms with Gasteiger partial charge in [-0.1, -0.05) is 50.2 Å². The molecule has 85 heavy (non-hydrogen) atoms. The number of methoxy groups -OCH3 is 1. The molecular weight excluding hydrogens is 1110 g/mol. The molecule has 0 radical (unpaired) electrons. The number of nitrogens with one attached hydrogen (secondary N) is 3. The maximum atomic E-state index is 14.3. The van der Waals surface area contributed by atoms with Crippen molar-refractivity contribution in [1.29, 1.82) is 0 Å². The van der Waals surface area contributed by atoms with Crippen LogP contribution in [0.3, 0.4) is 0 Å². The molecule has 7 amide bonds. The van der Waals surface area contributed by atoms with Gasteiger partial charge in [0.1, 0.15) is 24.0 Å². The molecule has 23 heteroatoms. The smallest absolute Gasteiger partial charge is 0.416 e. The van der Waals surface area contributed by atoms with Crippen LogP contribution in [0.15, 0.2) is 66.7 Å². The van der Waals surface area contributed by atoms with E-state index in [-0.39, 0.29) is 72.5 Å². The van der Waals surface area contributed by atoms with Gasteiger partial charge in [-0.15, -0.1) is 11.6 Å². The minimum absolute atomic E-state index is 0.0813. The van der Waals surface area contributed by atoms with Gasteiger partial charge < -0.3 is 70.1 Å². The highest BCUT2D eigenvalue weighted by atomic mass is 35.5. The summed E-state index contributed by atoms with van der Waals surface area (Å²) in [6, 6.07) is 16.6. The fraction of sp³-hybridized carbons (Fsp3) is 0.532. The number of carbonyl (C=O) groups is 7. The summed E-state index contributed by atoms with van der Waals surface area (Å²) in [7, 11) is 3.47. The first-order valence-electron chi connectivity index (χ1n) is 29.5. The number of anilines is 3. The van der Waals surface area contributed by atoms with Crippen LogP contribution in [0, 0.1) is 5.92 Å². The van der Waals surface area contributed by atoms with E-state index in [9.17, 15) is 38.7 Å². The molecule has 0 saturated carbocycles. The summed E-state index contributed by atoms with van der Waals surface area (Å²) >= 11 is 6.55. The number of fused-ring (bicyclic) bond motifs is 5. The number of piperazine rings is 1. The highest BCUT2D eigenvalue weighted by Gasteiger charge is 2.46. The summed E-state index contributed by atoms with van der Waals surface area (Å²) in [6.45, 7) is 12.6. The zero-order valence-electron chi connectivity index (χ0n) is 49.8. The molecule has 5 atom stereocenters. The van der Waals surface area contributed by atoms with Gasteiger partial charge in [0, 0.05) is 87.2 Å². The number of nitrogens with two attached hydrogens (primary N) is 1. The molecule has 4 aliphatic heterocycles. The second kappa shape index (κ2) is 28.7. The van der Waals surface area contributed by atoms with Crippen LogP contribution in [0.1, 0.15) is 120 Å². The fourth-order valence-electron chi connectivity index (χ4n) is 11.0. The number of unbranched alkanes of at least 4 members (excludes halogenated alkanes) is 3. The highest BCUT2D eigenvalue weighted by Crippen LogP contribution is 2.46. The van der Waals surface area contributed by atoms with Crippen molar-refractivity contribution in [2.45, 2.75) is 135 Å². The number of ether oxygens (including phenoxy) is 5. The largest absolute Gasteiger partial charge is 0.493 e. The van der Waals surface area contributed by atoms with Crippen LogP contribution in [0.5, 0.6) is 17.2 Å². The Morgan fingerprint density at radius 1 is 0.835 bits per heavy atom. The molecule has 460 valence electrons. The zero-order valence-corrected chi connectivity index (χ0v) is 50.5. The Morgan fingerprint density at radius 3 is 2.25 bits per heavy atom. The molecule has 22 nitrogen and oxygen atoms in total. The SMILES string of the molecule is COc1cc2c(cc1OCCCCCC(=O)N1C[C@@H](CCl)c3c1cc(OC(=O)N1CCN(C)CC1)c1ccccc31)N(C(=O)OCc1ccc(NC(=O)[C@H](CCCCNC(=O)OC(C)(C)C)NC(=O)[C@@H](N)C(C)C)cc1)[C@@H](O)C1CCCN1C2=O. The lowest BCUT2D eigenvalue weighted by Crippen LogP contribution is -2.51. The second-order valence-corrected chi connectivity index (χ2v) is 23.8. The lowest BCUT2D eigenvalue weighted by Gasteiger charge is -2.31. The molecule has 6 N–H and O–H groups in total. The summed E-state index contributed by atoms with van der Waals surface area (Å²) in [6.07, 6.45) is 0.922. The molecule has 8 rings (SSSR count). The molecule has 0 spiro atoms. The first kappa shape index (κ1) is 63.6. The van der Waals surface area contributed by atoms with E-state index < -0.39 is 60.0 Å². The first-order valence-corrected chi connectivity index (χ1v) is 30.0. The Morgan fingerprint density at radius 2 is 1.55 bits per heavy atom. The van der Waals surface area contributed by atoms with E-state index in [1.54, 1.807) is 65.8 Å². The van der Waals surface area contributed by atoms with E-state index in [1.165, 1.54) is 19.2 Å². The summed E-state index contributed by atoms with van der Waals surface area (Å²) < 4.78 is 29.2. The minimum Gasteiger partial charge on any atom is -0.493 e. The first-order chi connectivity index (χ1) is 40.7. The standard InChI is InChI=1S/C62H82ClN9O13/c1-38(2)54(64)56(75)67-45(18-12-13-25-65-59(78)85-62(3,4)5)55(74)66-41-23-21-39(22-24-41)37-83-61(80)72-47-33-51(50(81-7)32-44(47)57(76)70-26-15-19-46(70)58(72)77)82-31-14-8-9-20-52(73)71-36-40(35-63)53-43-17-11-10-16-42(43)49(34-48(53)71)84-60(79)69-29-27-68(6)28-30-69/h10-11,16-17,21-24,32-34,38,40,45-46,54,58,77H,8-9,12-15,18-20,25-31,35-37,64H2,1-7H3,(H,65,78)(H,66,74)(H,67,75)/t40-,45+,46?,54+,58+/m1/s1. The number of hydrogen-bond acceptors (Lipinski definition) is 15. The van der Waals surface area contributed by atoms with E-state index in [1.807, 2.05) is 45.2 Å². The number of benzene rings is 4. The molecule has 0 bridgehead atoms. The molecule has 0 aromatic heterocycles. The molecular formula is C62H82ClN9O13. The Bertz CT molecular complexity index is 3060. The lowest BCUT2D eigenvalue weighted by molar-refractivity contribution is -0.128. The van der Waals surface area contributed by atoms with Crippen molar-refractivity contribution < 1.29 is 62.4 Å². The Kier molecular flexibility index (Phi) is 21.4. The van der Waals surface area contributed by atoms with Gasteiger partial charge in [-0.2, -0.15) is 0 Å². The Labute approximate surface area is 501 Å². The highest BCUT2D eigenvalue weighted by molar-refractivity contribution is 6.19. The van der Waals surface area contributed by atoms with Gasteiger partial charge in [-0.25, -0.2) is 19.3 Å². The third kappa shape index (κ3) is 15.7. The molecule has 0 aliphatic carbocycles. The van der Waals surface area contributed by atoms with Gasteiger partial charge in [0.15, 0.2) is 17.7 Å². The Hall–Kier alpha value is -7.40. The van der Waals surface area contributed by atoms with Crippen LogP contribution in [0.25, 0.3) is 10.8 Å². The normalized spacial score (nSPS) is 18.4. The van der Waals surface area contributed by atoms with Crippen molar-refractivity contribution in [3.8, 4) is 17.2 Å². The van der Waals surface area contributed by atoms with E-state index in [4.69, 9.17) is 41.0 Å². The van der Waals surface area contributed by atoms with Crippen LogP contribution in [-0.4, -0.2) is 164 Å². The van der Waals surface area contributed by atoms with Crippen LogP contribution in [0.4, 0.5) is 31.4 Å². The average Bonchev–Trinajstić information content (AvgIpc) is 3.77. The lowest BCUT2D eigenvalue weighted by atomic mass is 9.95. The number of aliphatic hydroxyl groups excluding tert-OH is 1. The average molecular weight is 1200 g/mol. The van der Waals surface area contributed by atoms with Gasteiger partial charge in [0.25, 0.3) is 5.91 Å². The van der Waals surface area contributed by atoms with Crippen LogP contribution >= 0.6 is 11.6 Å². The summed E-state index contributed by atoms with van der Waals surface area (Å²) in [5, 5.41) is 21.9. The number of halogens is 1. The molecule has 4 aromatic carbocycles. The van der Waals surface area contributed by atoms with E-state index in [0.29, 0.717) is 106 Å². The van der Waals surface area contributed by atoms with Gasteiger partial charge in [0.2, 0.25) is 17.7 Å². The summed E-state index contributed by atoms with van der Waals surface area (Å²) in [5.74, 6) is -0.521. The number of rotatable bonds is 22. The van der Waals surface area contributed by atoms with Crippen molar-refractivity contribution in [1.82, 2.24) is 25.3 Å². The number of likely N-dealkylation sites (N-methyl/N-ethyl adjacent to an activating group) is 1. The topological polar surface area (TPSA) is 264 Å². The maximum Gasteiger partial charge on any atom is 0.416 e. The van der Waals surface area contributed by atoms with Crippen LogP contribution in [0.2, 0.25) is 0 Å². The summed E-state index contributed by atoms with van der Waals surface area (Å²) in [4.78, 5) is 103. The Balaban J connectivity index is 0.881. The predicted molar refractivity (Wildman–Crippen MR) is 322 cm³/mol. The third-order valence-electron chi connectivity index (χ3n) is 15.8. The predicted octanol–water partition coefficient (Wildman–Crippen LogP) is 8.08. The molecule has 2 fully saturated rings. The second-order valence-electron chi connectivity index (χ2n) is 23.5. The molecule has 4 aromatic rings. The van der Waals surface area contributed by atoms with Crippen LogP contribution in [-0.2, 0) is 30.5 Å². The van der Waals surface area contributed by atoms with E-state index in [2.05, 4.69) is 20.9 Å². The number of alkyl carbamates (subject to hydrolysis) is 1. The number of nitrogens with zero attached hydrogens (tertiary/aromatic N) is 5. The van der Waals surface area contributed by atoms with Gasteiger partial charge in [-0.05, 0) is 120 Å². The maximum absolute atomic E-state index is 14.3. The zero-order chi connectivity index (χ0) is 61.1. The van der Waals surface area contributed by atoms with Crippen molar-refractivity contribution in [3.63, 3.8) is 0 Å². The minimum atomic E-state index is -1.47.